The first kappa shape index (κ1) is 19.4. The molecule has 2 aromatic carbocycles. The third-order valence-corrected chi connectivity index (χ3v) is 5.05. The molecule has 0 aliphatic carbocycles. The van der Waals surface area contributed by atoms with Crippen LogP contribution in [0.5, 0.6) is 0 Å². The van der Waals surface area contributed by atoms with Gasteiger partial charge in [-0.25, -0.2) is 0 Å². The maximum atomic E-state index is 12.5. The fourth-order valence-electron chi connectivity index (χ4n) is 2.95. The van der Waals surface area contributed by atoms with Crippen LogP contribution in [-0.4, -0.2) is 22.6 Å². The number of halogens is 2. The molecule has 1 fully saturated rings. The summed E-state index contributed by atoms with van der Waals surface area (Å²) in [5, 5.41) is 3.92. The van der Waals surface area contributed by atoms with Gasteiger partial charge in [0.05, 0.1) is 12.6 Å². The number of hydrogen-bond donors (Lipinski definition) is 1. The predicted octanol–water partition coefficient (Wildman–Crippen LogP) is 4.13. The Morgan fingerprint density at radius 1 is 1.07 bits per heavy atom. The molecule has 0 spiro atoms. The van der Waals surface area contributed by atoms with Gasteiger partial charge < -0.3 is 5.32 Å². The molecule has 5 nitrogen and oxygen atoms in total. The van der Waals surface area contributed by atoms with Crippen molar-refractivity contribution >= 4 is 40.9 Å². The van der Waals surface area contributed by atoms with Crippen molar-refractivity contribution in [1.29, 1.82) is 0 Å². The van der Waals surface area contributed by atoms with E-state index in [0.29, 0.717) is 15.6 Å². The minimum Gasteiger partial charge on any atom is -0.345 e. The quantitative estimate of drug-likeness (QED) is 0.761. The summed E-state index contributed by atoms with van der Waals surface area (Å²) in [4.78, 5) is 37.1. The van der Waals surface area contributed by atoms with Gasteiger partial charge in [-0.15, -0.1) is 0 Å². The van der Waals surface area contributed by atoms with E-state index in [1.807, 2.05) is 6.92 Å². The normalized spacial score (nSPS) is 15.1. The van der Waals surface area contributed by atoms with E-state index in [-0.39, 0.29) is 43.1 Å². The van der Waals surface area contributed by atoms with Crippen LogP contribution in [0, 0.1) is 0 Å². The summed E-state index contributed by atoms with van der Waals surface area (Å²) in [5.41, 5.74) is 2.05. The Bertz CT molecular complexity index is 881. The number of carbonyl (C=O) groups is 3. The predicted molar refractivity (Wildman–Crippen MR) is 104 cm³/mol. The lowest BCUT2D eigenvalue weighted by Gasteiger charge is -2.17. The van der Waals surface area contributed by atoms with Crippen LogP contribution in [0.25, 0.3) is 0 Å². The molecule has 1 saturated heterocycles. The monoisotopic (exact) mass is 404 g/mol. The van der Waals surface area contributed by atoms with Gasteiger partial charge in [-0.05, 0) is 42.3 Å². The number of likely N-dealkylation sites (tertiary alicyclic amines) is 1. The summed E-state index contributed by atoms with van der Waals surface area (Å²) >= 11 is 12.1. The van der Waals surface area contributed by atoms with Gasteiger partial charge in [0.1, 0.15) is 0 Å². The summed E-state index contributed by atoms with van der Waals surface area (Å²) in [6.07, 6.45) is 0.537. The zero-order valence-corrected chi connectivity index (χ0v) is 16.2. The molecule has 0 unspecified atom stereocenters. The Hall–Kier alpha value is -2.37. The molecule has 0 aromatic heterocycles. The zero-order valence-electron chi connectivity index (χ0n) is 14.7. The standard InChI is InChI=1S/C20H18Cl2N2O3/c1-12(16-7-6-15(21)10-17(16)22)23-20(27)14-4-2-13(3-5-14)11-24-18(25)8-9-19(24)26/h2-7,10,12H,8-9,11H2,1H3,(H,23,27)/t12-/m1/s1. The molecule has 27 heavy (non-hydrogen) atoms. The Morgan fingerprint density at radius 3 is 2.30 bits per heavy atom. The molecule has 3 amide bonds. The van der Waals surface area contributed by atoms with Crippen LogP contribution in [0.1, 0.15) is 47.3 Å². The average Bonchev–Trinajstić information content (AvgIpc) is 2.94. The summed E-state index contributed by atoms with van der Waals surface area (Å²) in [6, 6.07) is 11.7. The van der Waals surface area contributed by atoms with E-state index in [1.54, 1.807) is 42.5 Å². The Kier molecular flexibility index (Phi) is 5.82. The van der Waals surface area contributed by atoms with Gasteiger partial charge in [0, 0.05) is 28.5 Å². The number of nitrogens with zero attached hydrogens (tertiary/aromatic N) is 1. The van der Waals surface area contributed by atoms with Gasteiger partial charge in [0.25, 0.3) is 5.91 Å². The molecule has 2 aromatic rings. The zero-order chi connectivity index (χ0) is 19.6. The van der Waals surface area contributed by atoms with Crippen molar-refractivity contribution in [1.82, 2.24) is 10.2 Å². The van der Waals surface area contributed by atoms with E-state index in [0.717, 1.165) is 11.1 Å². The molecule has 1 atom stereocenters. The Balaban J connectivity index is 1.65. The highest BCUT2D eigenvalue weighted by atomic mass is 35.5. The third kappa shape index (κ3) is 4.49. The average molecular weight is 405 g/mol. The van der Waals surface area contributed by atoms with E-state index in [2.05, 4.69) is 5.32 Å². The highest BCUT2D eigenvalue weighted by Gasteiger charge is 2.28. The van der Waals surface area contributed by atoms with Gasteiger partial charge in [0.2, 0.25) is 11.8 Å². The molecular weight excluding hydrogens is 387 g/mol. The first-order chi connectivity index (χ1) is 12.8. The molecule has 0 radical (unpaired) electrons. The van der Waals surface area contributed by atoms with Gasteiger partial charge >= 0.3 is 0 Å². The van der Waals surface area contributed by atoms with Crippen molar-refractivity contribution in [3.63, 3.8) is 0 Å². The van der Waals surface area contributed by atoms with Crippen LogP contribution >= 0.6 is 23.2 Å². The summed E-state index contributed by atoms with van der Waals surface area (Å²) in [5.74, 6) is -0.556. The van der Waals surface area contributed by atoms with Crippen molar-refractivity contribution in [3.8, 4) is 0 Å². The lowest BCUT2D eigenvalue weighted by atomic mass is 10.1. The molecule has 1 heterocycles. The number of benzene rings is 2. The van der Waals surface area contributed by atoms with Crippen LogP contribution in [-0.2, 0) is 16.1 Å². The summed E-state index contributed by atoms with van der Waals surface area (Å²) in [6.45, 7) is 2.07. The minimum atomic E-state index is -0.290. The maximum Gasteiger partial charge on any atom is 0.251 e. The first-order valence-electron chi connectivity index (χ1n) is 8.53. The number of imide groups is 1. The molecule has 7 heteroatoms. The Labute approximate surface area is 167 Å². The summed E-state index contributed by atoms with van der Waals surface area (Å²) in [7, 11) is 0. The number of hydrogen-bond acceptors (Lipinski definition) is 3. The largest absolute Gasteiger partial charge is 0.345 e. The van der Waals surface area contributed by atoms with Crippen molar-refractivity contribution in [2.45, 2.75) is 32.4 Å². The molecule has 1 aliphatic heterocycles. The first-order valence-corrected chi connectivity index (χ1v) is 9.28. The van der Waals surface area contributed by atoms with Crippen LogP contribution < -0.4 is 5.32 Å². The van der Waals surface area contributed by atoms with Gasteiger partial charge in [-0.1, -0.05) is 41.4 Å². The topological polar surface area (TPSA) is 66.5 Å². The van der Waals surface area contributed by atoms with E-state index in [1.165, 1.54) is 4.90 Å². The second kappa shape index (κ2) is 8.11. The molecule has 0 bridgehead atoms. The number of amides is 3. The van der Waals surface area contributed by atoms with Crippen molar-refractivity contribution in [2.24, 2.45) is 0 Å². The Morgan fingerprint density at radius 2 is 1.70 bits per heavy atom. The molecule has 1 aliphatic rings. The summed E-state index contributed by atoms with van der Waals surface area (Å²) < 4.78 is 0. The highest BCUT2D eigenvalue weighted by Crippen LogP contribution is 2.26. The second-order valence-corrected chi connectivity index (χ2v) is 7.28. The lowest BCUT2D eigenvalue weighted by molar-refractivity contribution is -0.139. The molecule has 1 N–H and O–H groups in total. The SMILES string of the molecule is C[C@@H](NC(=O)c1ccc(CN2C(=O)CCC2=O)cc1)c1ccc(Cl)cc1Cl. The third-order valence-electron chi connectivity index (χ3n) is 4.49. The van der Waals surface area contributed by atoms with Gasteiger partial charge in [0.15, 0.2) is 0 Å². The van der Waals surface area contributed by atoms with Crippen LogP contribution in [0.15, 0.2) is 42.5 Å². The minimum absolute atomic E-state index is 0.157. The van der Waals surface area contributed by atoms with Crippen molar-refractivity contribution < 1.29 is 14.4 Å². The van der Waals surface area contributed by atoms with Crippen LogP contribution in [0.2, 0.25) is 10.0 Å². The fourth-order valence-corrected chi connectivity index (χ4v) is 3.53. The molecule has 0 saturated carbocycles. The number of carbonyl (C=O) groups excluding carboxylic acids is 3. The van der Waals surface area contributed by atoms with Crippen LogP contribution in [0.3, 0.4) is 0 Å². The molecule has 3 rings (SSSR count). The van der Waals surface area contributed by atoms with E-state index in [9.17, 15) is 14.4 Å². The van der Waals surface area contributed by atoms with Crippen LogP contribution in [0.4, 0.5) is 0 Å². The van der Waals surface area contributed by atoms with E-state index < -0.39 is 0 Å². The maximum absolute atomic E-state index is 12.5. The number of rotatable bonds is 5. The number of nitrogens with one attached hydrogen (secondary N) is 1. The van der Waals surface area contributed by atoms with Crippen molar-refractivity contribution in [2.75, 3.05) is 0 Å². The van der Waals surface area contributed by atoms with E-state index >= 15 is 0 Å². The van der Waals surface area contributed by atoms with Gasteiger partial charge in [-0.2, -0.15) is 0 Å². The van der Waals surface area contributed by atoms with Crippen molar-refractivity contribution in [3.05, 3.63) is 69.2 Å². The molecule has 140 valence electrons. The molecular formula is C20H18Cl2N2O3. The van der Waals surface area contributed by atoms with Gasteiger partial charge in [-0.3, -0.25) is 19.3 Å². The highest BCUT2D eigenvalue weighted by molar-refractivity contribution is 6.35. The lowest BCUT2D eigenvalue weighted by Crippen LogP contribution is -2.28. The van der Waals surface area contributed by atoms with E-state index in [4.69, 9.17) is 23.2 Å². The smallest absolute Gasteiger partial charge is 0.251 e. The second-order valence-electron chi connectivity index (χ2n) is 6.43. The fraction of sp³-hybridized carbons (Fsp3) is 0.250.